The van der Waals surface area contributed by atoms with Gasteiger partial charge in [-0.15, -0.1) is 0 Å². The van der Waals surface area contributed by atoms with Crippen molar-refractivity contribution in [3.05, 3.63) is 58.6 Å². The summed E-state index contributed by atoms with van der Waals surface area (Å²) in [5, 5.41) is 4.14. The molecule has 104 valence electrons. The highest BCUT2D eigenvalue weighted by Crippen LogP contribution is 2.33. The minimum absolute atomic E-state index is 0.0272. The molecule has 0 amide bonds. The SMILES string of the molecule is COc1cccc2c1CNCC(c1ccc(Cl)cc1)O2. The number of halogens is 1. The van der Waals surface area contributed by atoms with Crippen molar-refractivity contribution in [2.24, 2.45) is 0 Å². The van der Waals surface area contributed by atoms with Crippen LogP contribution in [0.5, 0.6) is 11.5 Å². The Morgan fingerprint density at radius 3 is 2.75 bits per heavy atom. The maximum atomic E-state index is 6.14. The predicted octanol–water partition coefficient (Wildman–Crippen LogP) is 3.57. The second-order valence-corrected chi connectivity index (χ2v) is 5.16. The molecule has 0 aliphatic carbocycles. The lowest BCUT2D eigenvalue weighted by molar-refractivity contribution is 0.210. The fourth-order valence-corrected chi connectivity index (χ4v) is 2.53. The molecule has 2 aromatic carbocycles. The van der Waals surface area contributed by atoms with Crippen molar-refractivity contribution in [2.45, 2.75) is 12.6 Å². The summed E-state index contributed by atoms with van der Waals surface area (Å²) in [5.74, 6) is 1.72. The smallest absolute Gasteiger partial charge is 0.136 e. The van der Waals surface area contributed by atoms with Gasteiger partial charge in [-0.3, -0.25) is 0 Å². The Morgan fingerprint density at radius 2 is 2.00 bits per heavy atom. The Balaban J connectivity index is 1.91. The normalized spacial score (nSPS) is 17.8. The lowest BCUT2D eigenvalue weighted by Gasteiger charge is -2.18. The highest BCUT2D eigenvalue weighted by molar-refractivity contribution is 6.30. The molecule has 1 aliphatic heterocycles. The van der Waals surface area contributed by atoms with E-state index >= 15 is 0 Å². The third kappa shape index (κ3) is 2.60. The van der Waals surface area contributed by atoms with Crippen LogP contribution in [0.25, 0.3) is 0 Å². The lowest BCUT2D eigenvalue weighted by Crippen LogP contribution is -2.21. The van der Waals surface area contributed by atoms with E-state index in [1.165, 1.54) is 0 Å². The van der Waals surface area contributed by atoms with Crippen molar-refractivity contribution in [2.75, 3.05) is 13.7 Å². The van der Waals surface area contributed by atoms with Crippen LogP contribution in [0.2, 0.25) is 5.02 Å². The summed E-state index contributed by atoms with van der Waals surface area (Å²) in [6.45, 7) is 1.49. The van der Waals surface area contributed by atoms with Crippen LogP contribution in [-0.2, 0) is 6.54 Å². The first-order chi connectivity index (χ1) is 9.78. The average Bonchev–Trinajstić information content (AvgIpc) is 2.70. The number of ether oxygens (including phenoxy) is 2. The maximum Gasteiger partial charge on any atom is 0.136 e. The molecule has 0 aromatic heterocycles. The van der Waals surface area contributed by atoms with E-state index in [-0.39, 0.29) is 6.10 Å². The minimum atomic E-state index is -0.0272. The molecule has 0 fully saturated rings. The molecular formula is C16H16ClNO2. The number of nitrogens with one attached hydrogen (secondary N) is 1. The van der Waals surface area contributed by atoms with Gasteiger partial charge in [0.2, 0.25) is 0 Å². The molecule has 0 radical (unpaired) electrons. The number of rotatable bonds is 2. The van der Waals surface area contributed by atoms with Crippen LogP contribution in [0.3, 0.4) is 0 Å². The lowest BCUT2D eigenvalue weighted by atomic mass is 10.1. The molecule has 3 nitrogen and oxygen atoms in total. The molecule has 1 atom stereocenters. The van der Waals surface area contributed by atoms with Crippen LogP contribution in [0.4, 0.5) is 0 Å². The molecule has 4 heteroatoms. The first-order valence-corrected chi connectivity index (χ1v) is 6.94. The van der Waals surface area contributed by atoms with Crippen LogP contribution in [0.1, 0.15) is 17.2 Å². The van der Waals surface area contributed by atoms with Crippen LogP contribution in [0.15, 0.2) is 42.5 Å². The van der Waals surface area contributed by atoms with E-state index in [0.717, 1.165) is 40.7 Å². The van der Waals surface area contributed by atoms with E-state index in [4.69, 9.17) is 21.1 Å². The van der Waals surface area contributed by atoms with Gasteiger partial charge in [-0.25, -0.2) is 0 Å². The fourth-order valence-electron chi connectivity index (χ4n) is 2.41. The van der Waals surface area contributed by atoms with Crippen molar-refractivity contribution >= 4 is 11.6 Å². The molecule has 2 aromatic rings. The quantitative estimate of drug-likeness (QED) is 0.917. The van der Waals surface area contributed by atoms with Gasteiger partial charge in [0.15, 0.2) is 0 Å². The number of fused-ring (bicyclic) bond motifs is 1. The van der Waals surface area contributed by atoms with Crippen molar-refractivity contribution < 1.29 is 9.47 Å². The summed E-state index contributed by atoms with van der Waals surface area (Å²) >= 11 is 5.93. The highest BCUT2D eigenvalue weighted by Gasteiger charge is 2.21. The second kappa shape index (κ2) is 5.73. The molecule has 0 saturated heterocycles. The zero-order valence-electron chi connectivity index (χ0n) is 11.2. The van der Waals surface area contributed by atoms with Gasteiger partial charge >= 0.3 is 0 Å². The average molecular weight is 290 g/mol. The van der Waals surface area contributed by atoms with Gasteiger partial charge in [-0.2, -0.15) is 0 Å². The molecule has 0 spiro atoms. The van der Waals surface area contributed by atoms with E-state index in [1.807, 2.05) is 42.5 Å². The van der Waals surface area contributed by atoms with Crippen LogP contribution < -0.4 is 14.8 Å². The van der Waals surface area contributed by atoms with Gasteiger partial charge < -0.3 is 14.8 Å². The summed E-state index contributed by atoms with van der Waals surface area (Å²) in [4.78, 5) is 0. The molecule has 20 heavy (non-hydrogen) atoms. The molecule has 1 heterocycles. The second-order valence-electron chi connectivity index (χ2n) is 4.73. The van der Waals surface area contributed by atoms with Crippen LogP contribution >= 0.6 is 11.6 Å². The molecule has 1 aliphatic rings. The Hall–Kier alpha value is -1.71. The Morgan fingerprint density at radius 1 is 1.20 bits per heavy atom. The molecule has 0 saturated carbocycles. The Labute approximate surface area is 123 Å². The van der Waals surface area contributed by atoms with E-state index in [9.17, 15) is 0 Å². The van der Waals surface area contributed by atoms with Crippen molar-refractivity contribution in [3.63, 3.8) is 0 Å². The molecule has 3 rings (SSSR count). The maximum absolute atomic E-state index is 6.14. The van der Waals surface area contributed by atoms with Gasteiger partial charge in [0, 0.05) is 23.7 Å². The summed E-state index contributed by atoms with van der Waals surface area (Å²) in [6.07, 6.45) is -0.0272. The van der Waals surface area contributed by atoms with E-state index in [1.54, 1.807) is 7.11 Å². The third-order valence-corrected chi connectivity index (χ3v) is 3.70. The van der Waals surface area contributed by atoms with Gasteiger partial charge in [-0.1, -0.05) is 29.8 Å². The first kappa shape index (κ1) is 13.3. The zero-order valence-corrected chi connectivity index (χ0v) is 12.0. The predicted molar refractivity (Wildman–Crippen MR) is 79.5 cm³/mol. The van der Waals surface area contributed by atoms with Crippen molar-refractivity contribution in [3.8, 4) is 11.5 Å². The van der Waals surface area contributed by atoms with E-state index in [0.29, 0.717) is 0 Å². The van der Waals surface area contributed by atoms with Crippen LogP contribution in [0, 0.1) is 0 Å². The summed E-state index contributed by atoms with van der Waals surface area (Å²) in [6, 6.07) is 13.6. The van der Waals surface area contributed by atoms with Gasteiger partial charge in [0.05, 0.1) is 7.11 Å². The first-order valence-electron chi connectivity index (χ1n) is 6.56. The highest BCUT2D eigenvalue weighted by atomic mass is 35.5. The third-order valence-electron chi connectivity index (χ3n) is 3.45. The van der Waals surface area contributed by atoms with Gasteiger partial charge in [0.25, 0.3) is 0 Å². The zero-order chi connectivity index (χ0) is 13.9. The molecule has 0 bridgehead atoms. The summed E-state index contributed by atoms with van der Waals surface area (Å²) in [7, 11) is 1.68. The summed E-state index contributed by atoms with van der Waals surface area (Å²) < 4.78 is 11.5. The standard InChI is InChI=1S/C16H16ClNO2/c1-19-14-3-2-4-15-13(14)9-18-10-16(20-15)11-5-7-12(17)8-6-11/h2-8,16,18H,9-10H2,1H3. The number of hydrogen-bond donors (Lipinski definition) is 1. The van der Waals surface area contributed by atoms with Gasteiger partial charge in [-0.05, 0) is 29.8 Å². The monoisotopic (exact) mass is 289 g/mol. The van der Waals surface area contributed by atoms with Crippen molar-refractivity contribution in [1.82, 2.24) is 5.32 Å². The number of methoxy groups -OCH3 is 1. The minimum Gasteiger partial charge on any atom is -0.496 e. The topological polar surface area (TPSA) is 30.5 Å². The molecule has 1 N–H and O–H groups in total. The van der Waals surface area contributed by atoms with E-state index in [2.05, 4.69) is 5.32 Å². The Kier molecular flexibility index (Phi) is 3.81. The molecule has 1 unspecified atom stereocenters. The van der Waals surface area contributed by atoms with E-state index < -0.39 is 0 Å². The number of benzene rings is 2. The van der Waals surface area contributed by atoms with Gasteiger partial charge in [0.1, 0.15) is 17.6 Å². The number of hydrogen-bond acceptors (Lipinski definition) is 3. The summed E-state index contributed by atoms with van der Waals surface area (Å²) in [5.41, 5.74) is 2.17. The Bertz CT molecular complexity index is 598. The molecular weight excluding hydrogens is 274 g/mol. The fraction of sp³-hybridized carbons (Fsp3) is 0.250. The van der Waals surface area contributed by atoms with Crippen LogP contribution in [-0.4, -0.2) is 13.7 Å². The van der Waals surface area contributed by atoms with Crippen molar-refractivity contribution in [1.29, 1.82) is 0 Å². The largest absolute Gasteiger partial charge is 0.496 e.